The highest BCUT2D eigenvalue weighted by Crippen LogP contribution is 2.23. The molecule has 0 aliphatic carbocycles. The fraction of sp³-hybridized carbons (Fsp3) is 0.533. The summed E-state index contributed by atoms with van der Waals surface area (Å²) in [4.78, 5) is 10.8. The molecule has 1 rings (SSSR count). The molecule has 2 atom stereocenters. The average Bonchev–Trinajstić information content (AvgIpc) is 2.47. The molecule has 0 aliphatic rings. The Hall–Kier alpha value is -1.08. The van der Waals surface area contributed by atoms with E-state index in [4.69, 9.17) is 9.47 Å². The zero-order valence-electron chi connectivity index (χ0n) is 12.3. The standard InChI is InChI=1S/C15H22O5S/c1-11(16)21-10-7-14(17)15(18)12-3-5-13(6-4-12)20-9-8-19-2/h3-6,14-15,17-18H,7-10H2,1-2H3. The zero-order valence-corrected chi connectivity index (χ0v) is 13.1. The number of carbonyl (C=O) groups excluding carboxylic acids is 1. The third kappa shape index (κ3) is 6.95. The molecule has 21 heavy (non-hydrogen) atoms. The van der Waals surface area contributed by atoms with Gasteiger partial charge < -0.3 is 19.7 Å². The summed E-state index contributed by atoms with van der Waals surface area (Å²) < 4.78 is 10.3. The minimum Gasteiger partial charge on any atom is -0.491 e. The molecule has 0 aliphatic heterocycles. The molecule has 0 fully saturated rings. The molecule has 0 saturated heterocycles. The van der Waals surface area contributed by atoms with E-state index in [2.05, 4.69) is 0 Å². The molecule has 0 spiro atoms. The van der Waals surface area contributed by atoms with E-state index in [-0.39, 0.29) is 5.12 Å². The van der Waals surface area contributed by atoms with Gasteiger partial charge in [0.05, 0.1) is 12.7 Å². The van der Waals surface area contributed by atoms with Gasteiger partial charge in [-0.05, 0) is 24.1 Å². The van der Waals surface area contributed by atoms with E-state index in [1.165, 1.54) is 6.92 Å². The van der Waals surface area contributed by atoms with Crippen LogP contribution in [0.5, 0.6) is 5.75 Å². The van der Waals surface area contributed by atoms with Crippen molar-refractivity contribution in [3.63, 3.8) is 0 Å². The first-order valence-corrected chi connectivity index (χ1v) is 7.74. The molecule has 0 saturated carbocycles. The number of thioether (sulfide) groups is 1. The van der Waals surface area contributed by atoms with Crippen LogP contribution in [-0.4, -0.2) is 47.5 Å². The Labute approximate surface area is 129 Å². The molecule has 0 heterocycles. The number of aliphatic hydroxyl groups is 2. The van der Waals surface area contributed by atoms with E-state index >= 15 is 0 Å². The SMILES string of the molecule is COCCOc1ccc(C(O)C(O)CCSC(C)=O)cc1. The summed E-state index contributed by atoms with van der Waals surface area (Å²) in [6.45, 7) is 2.45. The molecule has 5 nitrogen and oxygen atoms in total. The van der Waals surface area contributed by atoms with E-state index < -0.39 is 12.2 Å². The molecule has 2 N–H and O–H groups in total. The van der Waals surface area contributed by atoms with Gasteiger partial charge in [-0.15, -0.1) is 0 Å². The maximum absolute atomic E-state index is 10.8. The van der Waals surface area contributed by atoms with E-state index in [0.717, 1.165) is 11.8 Å². The quantitative estimate of drug-likeness (QED) is 0.677. The topological polar surface area (TPSA) is 76.0 Å². The Morgan fingerprint density at radius 2 is 1.90 bits per heavy atom. The van der Waals surface area contributed by atoms with Crippen molar-refractivity contribution < 1.29 is 24.5 Å². The second-order valence-corrected chi connectivity index (χ2v) is 5.82. The molecule has 1 aromatic carbocycles. The fourth-order valence-corrected chi connectivity index (χ4v) is 2.35. The molecular formula is C15H22O5S. The van der Waals surface area contributed by atoms with Crippen LogP contribution in [0.1, 0.15) is 25.0 Å². The van der Waals surface area contributed by atoms with E-state index in [0.29, 0.717) is 36.7 Å². The van der Waals surface area contributed by atoms with Crippen molar-refractivity contribution in [3.8, 4) is 5.75 Å². The largest absolute Gasteiger partial charge is 0.491 e. The van der Waals surface area contributed by atoms with Crippen LogP contribution in [0, 0.1) is 0 Å². The third-order valence-corrected chi connectivity index (χ3v) is 3.71. The summed E-state index contributed by atoms with van der Waals surface area (Å²) in [6.07, 6.45) is -1.50. The van der Waals surface area contributed by atoms with Crippen LogP contribution in [0.4, 0.5) is 0 Å². The number of hydrogen-bond donors (Lipinski definition) is 2. The van der Waals surface area contributed by atoms with Crippen molar-refractivity contribution in [2.75, 3.05) is 26.1 Å². The van der Waals surface area contributed by atoms with Crippen molar-refractivity contribution >= 4 is 16.9 Å². The van der Waals surface area contributed by atoms with Gasteiger partial charge in [0, 0.05) is 19.8 Å². The minimum absolute atomic E-state index is 0.00857. The smallest absolute Gasteiger partial charge is 0.185 e. The van der Waals surface area contributed by atoms with Crippen LogP contribution in [-0.2, 0) is 9.53 Å². The first-order valence-electron chi connectivity index (χ1n) is 6.75. The summed E-state index contributed by atoms with van der Waals surface area (Å²) in [6, 6.07) is 6.92. The first-order chi connectivity index (χ1) is 10.0. The second kappa shape index (κ2) is 9.78. The Balaban J connectivity index is 2.45. The summed E-state index contributed by atoms with van der Waals surface area (Å²) in [5.74, 6) is 1.18. The monoisotopic (exact) mass is 314 g/mol. The molecular weight excluding hydrogens is 292 g/mol. The van der Waals surface area contributed by atoms with Gasteiger partial charge in [-0.2, -0.15) is 0 Å². The Morgan fingerprint density at radius 3 is 2.48 bits per heavy atom. The maximum Gasteiger partial charge on any atom is 0.185 e. The van der Waals surface area contributed by atoms with Crippen molar-refractivity contribution in [1.29, 1.82) is 0 Å². The van der Waals surface area contributed by atoms with Gasteiger partial charge in [-0.3, -0.25) is 4.79 Å². The average molecular weight is 314 g/mol. The number of aliphatic hydroxyl groups excluding tert-OH is 2. The van der Waals surface area contributed by atoms with Crippen LogP contribution in [0.15, 0.2) is 24.3 Å². The lowest BCUT2D eigenvalue weighted by Crippen LogP contribution is -2.19. The van der Waals surface area contributed by atoms with Gasteiger partial charge in [-0.1, -0.05) is 23.9 Å². The highest BCUT2D eigenvalue weighted by atomic mass is 32.2. The predicted molar refractivity (Wildman–Crippen MR) is 82.5 cm³/mol. The van der Waals surface area contributed by atoms with E-state index in [9.17, 15) is 15.0 Å². The maximum atomic E-state index is 10.8. The molecule has 0 aromatic heterocycles. The van der Waals surface area contributed by atoms with Gasteiger partial charge in [0.2, 0.25) is 0 Å². The number of rotatable bonds is 9. The summed E-state index contributed by atoms with van der Waals surface area (Å²) in [5, 5.41) is 20.0. The van der Waals surface area contributed by atoms with E-state index in [1.807, 2.05) is 0 Å². The van der Waals surface area contributed by atoms with E-state index in [1.54, 1.807) is 31.4 Å². The van der Waals surface area contributed by atoms with Crippen molar-refractivity contribution in [1.82, 2.24) is 0 Å². The fourth-order valence-electron chi connectivity index (χ4n) is 1.71. The second-order valence-electron chi connectivity index (χ2n) is 4.55. The Bertz CT molecular complexity index is 421. The first kappa shape index (κ1) is 18.0. The molecule has 2 unspecified atom stereocenters. The predicted octanol–water partition coefficient (Wildman–Crippen LogP) is 1.78. The minimum atomic E-state index is -0.967. The highest BCUT2D eigenvalue weighted by Gasteiger charge is 2.18. The number of benzene rings is 1. The molecule has 118 valence electrons. The summed E-state index contributed by atoms with van der Waals surface area (Å²) >= 11 is 1.14. The number of carbonyl (C=O) groups is 1. The van der Waals surface area contributed by atoms with Crippen LogP contribution in [0.25, 0.3) is 0 Å². The molecule has 0 bridgehead atoms. The Morgan fingerprint density at radius 1 is 1.24 bits per heavy atom. The lowest BCUT2D eigenvalue weighted by Gasteiger charge is -2.18. The van der Waals surface area contributed by atoms with Crippen molar-refractivity contribution in [3.05, 3.63) is 29.8 Å². The summed E-state index contributed by atoms with van der Waals surface area (Å²) in [5.41, 5.74) is 0.620. The zero-order chi connectivity index (χ0) is 15.7. The summed E-state index contributed by atoms with van der Waals surface area (Å²) in [7, 11) is 1.61. The van der Waals surface area contributed by atoms with Gasteiger partial charge in [0.25, 0.3) is 0 Å². The van der Waals surface area contributed by atoms with Crippen LogP contribution >= 0.6 is 11.8 Å². The third-order valence-electron chi connectivity index (χ3n) is 2.86. The van der Waals surface area contributed by atoms with Crippen LogP contribution in [0.2, 0.25) is 0 Å². The van der Waals surface area contributed by atoms with Crippen LogP contribution < -0.4 is 4.74 Å². The number of hydrogen-bond acceptors (Lipinski definition) is 6. The normalized spacial score (nSPS) is 13.7. The molecule has 1 aromatic rings. The number of methoxy groups -OCH3 is 1. The van der Waals surface area contributed by atoms with Gasteiger partial charge in [0.1, 0.15) is 18.5 Å². The lowest BCUT2D eigenvalue weighted by molar-refractivity contribution is -0.109. The number of ether oxygens (including phenoxy) is 2. The molecule has 6 heteroatoms. The lowest BCUT2D eigenvalue weighted by atomic mass is 10.0. The van der Waals surface area contributed by atoms with Crippen molar-refractivity contribution in [2.45, 2.75) is 25.6 Å². The highest BCUT2D eigenvalue weighted by molar-refractivity contribution is 8.13. The van der Waals surface area contributed by atoms with Gasteiger partial charge in [0.15, 0.2) is 5.12 Å². The van der Waals surface area contributed by atoms with Gasteiger partial charge in [-0.25, -0.2) is 0 Å². The van der Waals surface area contributed by atoms with Gasteiger partial charge >= 0.3 is 0 Å². The van der Waals surface area contributed by atoms with Crippen LogP contribution in [0.3, 0.4) is 0 Å². The Kier molecular flexibility index (Phi) is 8.37. The molecule has 0 radical (unpaired) electrons. The molecule has 0 amide bonds. The van der Waals surface area contributed by atoms with Crippen molar-refractivity contribution in [2.24, 2.45) is 0 Å².